The van der Waals surface area contributed by atoms with E-state index >= 15 is 0 Å². The number of ether oxygens (including phenoxy) is 1. The van der Waals surface area contributed by atoms with Crippen LogP contribution in [0.5, 0.6) is 0 Å². The van der Waals surface area contributed by atoms with Crippen LogP contribution in [-0.2, 0) is 18.3 Å². The highest BCUT2D eigenvalue weighted by molar-refractivity contribution is 9.10. The highest BCUT2D eigenvalue weighted by atomic mass is 79.9. The van der Waals surface area contributed by atoms with E-state index in [2.05, 4.69) is 26.2 Å². The Balaban J connectivity index is 2.67. The number of carbonyl (C=O) groups is 1. The zero-order chi connectivity index (χ0) is 13.2. The van der Waals surface area contributed by atoms with Crippen molar-refractivity contribution in [2.24, 2.45) is 7.05 Å². The van der Waals surface area contributed by atoms with Gasteiger partial charge in [0.25, 0.3) is 0 Å². The number of carbonyl (C=O) groups excluding carboxylic acids is 1. The SMILES string of the molecule is CN(Cc1c(Br)nnn1C)C(=O)OC(C)(C)C. The molecule has 0 aliphatic heterocycles. The molecule has 96 valence electrons. The third kappa shape index (κ3) is 3.99. The maximum absolute atomic E-state index is 11.7. The summed E-state index contributed by atoms with van der Waals surface area (Å²) in [5, 5.41) is 7.70. The van der Waals surface area contributed by atoms with Gasteiger partial charge in [-0.1, -0.05) is 5.21 Å². The van der Waals surface area contributed by atoms with E-state index in [1.807, 2.05) is 20.8 Å². The van der Waals surface area contributed by atoms with Crippen LogP contribution in [0.1, 0.15) is 26.5 Å². The quantitative estimate of drug-likeness (QED) is 0.838. The maximum atomic E-state index is 11.7. The summed E-state index contributed by atoms with van der Waals surface area (Å²) in [5.74, 6) is 0. The molecule has 0 saturated heterocycles. The van der Waals surface area contributed by atoms with Gasteiger partial charge in [0.15, 0.2) is 4.60 Å². The highest BCUT2D eigenvalue weighted by Gasteiger charge is 2.21. The first-order valence-corrected chi connectivity index (χ1v) is 5.98. The van der Waals surface area contributed by atoms with Crippen molar-refractivity contribution in [3.63, 3.8) is 0 Å². The van der Waals surface area contributed by atoms with Crippen LogP contribution in [0.3, 0.4) is 0 Å². The molecule has 17 heavy (non-hydrogen) atoms. The number of halogens is 1. The largest absolute Gasteiger partial charge is 0.444 e. The lowest BCUT2D eigenvalue weighted by molar-refractivity contribution is 0.0281. The van der Waals surface area contributed by atoms with Gasteiger partial charge in [-0.3, -0.25) is 0 Å². The molecule has 0 fully saturated rings. The second-order valence-electron chi connectivity index (χ2n) is 4.79. The normalized spacial score (nSPS) is 11.4. The molecule has 1 aromatic rings. The summed E-state index contributed by atoms with van der Waals surface area (Å²) >= 11 is 3.28. The van der Waals surface area contributed by atoms with Gasteiger partial charge in [0.2, 0.25) is 0 Å². The summed E-state index contributed by atoms with van der Waals surface area (Å²) in [6.07, 6.45) is -0.370. The van der Waals surface area contributed by atoms with Crippen LogP contribution in [0.2, 0.25) is 0 Å². The Labute approximate surface area is 109 Å². The topological polar surface area (TPSA) is 60.2 Å². The van der Waals surface area contributed by atoms with E-state index in [1.54, 1.807) is 18.8 Å². The summed E-state index contributed by atoms with van der Waals surface area (Å²) in [6, 6.07) is 0. The first-order valence-electron chi connectivity index (χ1n) is 5.19. The number of rotatable bonds is 2. The first kappa shape index (κ1) is 14.0. The Kier molecular flexibility index (Phi) is 4.13. The second kappa shape index (κ2) is 5.03. The number of aromatic nitrogens is 3. The van der Waals surface area contributed by atoms with Gasteiger partial charge in [0.05, 0.1) is 12.2 Å². The van der Waals surface area contributed by atoms with Gasteiger partial charge < -0.3 is 9.64 Å². The second-order valence-corrected chi connectivity index (χ2v) is 5.54. The monoisotopic (exact) mass is 304 g/mol. The molecule has 6 nitrogen and oxygen atoms in total. The summed E-state index contributed by atoms with van der Waals surface area (Å²) in [7, 11) is 3.45. The Bertz CT molecular complexity index is 391. The van der Waals surface area contributed by atoms with E-state index < -0.39 is 5.60 Å². The molecule has 0 bridgehead atoms. The lowest BCUT2D eigenvalue weighted by Gasteiger charge is -2.24. The summed E-state index contributed by atoms with van der Waals surface area (Å²) in [4.78, 5) is 13.2. The Morgan fingerprint density at radius 2 is 2.12 bits per heavy atom. The molecule has 1 amide bonds. The standard InChI is InChI=1S/C10H17BrN4O2/c1-10(2,3)17-9(16)14(4)6-7-8(11)12-13-15(7)5/h6H2,1-5H3. The van der Waals surface area contributed by atoms with Gasteiger partial charge in [-0.05, 0) is 36.7 Å². The van der Waals surface area contributed by atoms with Gasteiger partial charge in [-0.2, -0.15) is 0 Å². The lowest BCUT2D eigenvalue weighted by atomic mass is 10.2. The van der Waals surface area contributed by atoms with E-state index in [-0.39, 0.29) is 6.09 Å². The average molecular weight is 305 g/mol. The fourth-order valence-corrected chi connectivity index (χ4v) is 1.60. The van der Waals surface area contributed by atoms with Crippen LogP contribution in [-0.4, -0.2) is 38.6 Å². The molecule has 0 aliphatic carbocycles. The van der Waals surface area contributed by atoms with Gasteiger partial charge in [-0.15, -0.1) is 5.10 Å². The van der Waals surface area contributed by atoms with Crippen molar-refractivity contribution in [1.82, 2.24) is 19.9 Å². The maximum Gasteiger partial charge on any atom is 0.410 e. The lowest BCUT2D eigenvalue weighted by Crippen LogP contribution is -2.34. The molecule has 1 aromatic heterocycles. The van der Waals surface area contributed by atoms with Crippen LogP contribution >= 0.6 is 15.9 Å². The van der Waals surface area contributed by atoms with Crippen LogP contribution in [0.25, 0.3) is 0 Å². The molecule has 0 unspecified atom stereocenters. The van der Waals surface area contributed by atoms with Crippen molar-refractivity contribution in [2.75, 3.05) is 7.05 Å². The van der Waals surface area contributed by atoms with Crippen molar-refractivity contribution in [2.45, 2.75) is 32.9 Å². The van der Waals surface area contributed by atoms with E-state index in [9.17, 15) is 4.79 Å². The zero-order valence-corrected chi connectivity index (χ0v) is 12.3. The minimum absolute atomic E-state index is 0.370. The molecule has 0 aliphatic rings. The number of hydrogen-bond donors (Lipinski definition) is 0. The number of hydrogen-bond acceptors (Lipinski definition) is 4. The number of amides is 1. The third-order valence-electron chi connectivity index (χ3n) is 1.99. The van der Waals surface area contributed by atoms with Gasteiger partial charge in [0.1, 0.15) is 5.60 Å². The Hall–Kier alpha value is -1.11. The van der Waals surface area contributed by atoms with E-state index in [1.165, 1.54) is 4.90 Å². The van der Waals surface area contributed by atoms with Crippen molar-refractivity contribution in [3.05, 3.63) is 10.3 Å². The summed E-state index contributed by atoms with van der Waals surface area (Å²) in [5.41, 5.74) is 0.325. The minimum atomic E-state index is -0.493. The van der Waals surface area contributed by atoms with Crippen LogP contribution in [0.15, 0.2) is 4.60 Å². The molecule has 1 heterocycles. The molecule has 0 radical (unpaired) electrons. The van der Waals surface area contributed by atoms with Crippen molar-refractivity contribution >= 4 is 22.0 Å². The minimum Gasteiger partial charge on any atom is -0.444 e. The van der Waals surface area contributed by atoms with Crippen LogP contribution in [0, 0.1) is 0 Å². The Morgan fingerprint density at radius 1 is 1.53 bits per heavy atom. The molecule has 0 N–H and O–H groups in total. The van der Waals surface area contributed by atoms with Crippen LogP contribution in [0.4, 0.5) is 4.79 Å². The van der Waals surface area contributed by atoms with Gasteiger partial charge >= 0.3 is 6.09 Å². The molecule has 0 spiro atoms. The van der Waals surface area contributed by atoms with Crippen molar-refractivity contribution in [3.8, 4) is 0 Å². The number of aryl methyl sites for hydroxylation is 1. The molecular weight excluding hydrogens is 288 g/mol. The first-order chi connectivity index (χ1) is 7.70. The molecule has 0 saturated carbocycles. The number of nitrogens with zero attached hydrogens (tertiary/aromatic N) is 4. The summed E-state index contributed by atoms with van der Waals surface area (Å²) in [6.45, 7) is 5.89. The van der Waals surface area contributed by atoms with E-state index in [0.717, 1.165) is 5.69 Å². The molecular formula is C10H17BrN4O2. The van der Waals surface area contributed by atoms with Crippen molar-refractivity contribution < 1.29 is 9.53 Å². The molecule has 1 rings (SSSR count). The van der Waals surface area contributed by atoms with E-state index in [4.69, 9.17) is 4.74 Å². The predicted molar refractivity (Wildman–Crippen MR) is 66.4 cm³/mol. The zero-order valence-electron chi connectivity index (χ0n) is 10.7. The fourth-order valence-electron chi connectivity index (χ4n) is 1.15. The smallest absolute Gasteiger partial charge is 0.410 e. The Morgan fingerprint density at radius 3 is 2.53 bits per heavy atom. The summed E-state index contributed by atoms with van der Waals surface area (Å²) < 4.78 is 7.50. The average Bonchev–Trinajstić information content (AvgIpc) is 2.46. The molecule has 0 aromatic carbocycles. The van der Waals surface area contributed by atoms with Gasteiger partial charge in [-0.25, -0.2) is 9.48 Å². The third-order valence-corrected chi connectivity index (χ3v) is 2.60. The van der Waals surface area contributed by atoms with Crippen LogP contribution < -0.4 is 0 Å². The van der Waals surface area contributed by atoms with Crippen molar-refractivity contribution in [1.29, 1.82) is 0 Å². The van der Waals surface area contributed by atoms with E-state index in [0.29, 0.717) is 11.1 Å². The molecule has 7 heteroatoms. The molecule has 0 atom stereocenters. The fraction of sp³-hybridized carbons (Fsp3) is 0.700. The van der Waals surface area contributed by atoms with Gasteiger partial charge in [0, 0.05) is 14.1 Å². The highest BCUT2D eigenvalue weighted by Crippen LogP contribution is 2.15. The predicted octanol–water partition coefficient (Wildman–Crippen LogP) is 1.94.